The summed E-state index contributed by atoms with van der Waals surface area (Å²) in [6.07, 6.45) is 1.29. The van der Waals surface area contributed by atoms with E-state index < -0.39 is 0 Å². The Kier molecular flexibility index (Phi) is 4.93. The number of carbonyl (C=O) groups excluding carboxylic acids is 2. The van der Waals surface area contributed by atoms with Gasteiger partial charge < -0.3 is 9.64 Å². The van der Waals surface area contributed by atoms with E-state index in [1.54, 1.807) is 17.9 Å². The van der Waals surface area contributed by atoms with Gasteiger partial charge >= 0.3 is 5.97 Å². The number of esters is 1. The van der Waals surface area contributed by atoms with E-state index in [1.807, 2.05) is 30.3 Å². The zero-order valence-electron chi connectivity index (χ0n) is 13.7. The van der Waals surface area contributed by atoms with Crippen LogP contribution in [0.5, 0.6) is 0 Å². The van der Waals surface area contributed by atoms with Crippen molar-refractivity contribution in [1.82, 2.24) is 15.1 Å². The summed E-state index contributed by atoms with van der Waals surface area (Å²) in [4.78, 5) is 26.1. The number of nitrogens with zero attached hydrogens (tertiary/aromatic N) is 2. The maximum absolute atomic E-state index is 12.6. The fourth-order valence-electron chi connectivity index (χ4n) is 2.94. The van der Waals surface area contributed by atoms with E-state index in [-0.39, 0.29) is 17.8 Å². The summed E-state index contributed by atoms with van der Waals surface area (Å²) >= 11 is 0. The van der Waals surface area contributed by atoms with E-state index in [4.69, 9.17) is 4.74 Å². The van der Waals surface area contributed by atoms with Crippen LogP contribution in [0.15, 0.2) is 36.4 Å². The van der Waals surface area contributed by atoms with Gasteiger partial charge in [0.25, 0.3) is 5.91 Å². The molecule has 1 aromatic carbocycles. The van der Waals surface area contributed by atoms with Gasteiger partial charge in [0, 0.05) is 18.7 Å². The van der Waals surface area contributed by atoms with Gasteiger partial charge in [0.2, 0.25) is 0 Å². The van der Waals surface area contributed by atoms with Crippen LogP contribution in [0.2, 0.25) is 0 Å². The van der Waals surface area contributed by atoms with Gasteiger partial charge in [-0.1, -0.05) is 30.3 Å². The second kappa shape index (κ2) is 7.29. The lowest BCUT2D eigenvalue weighted by Gasteiger charge is -2.30. The first-order valence-electron chi connectivity index (χ1n) is 8.25. The van der Waals surface area contributed by atoms with Crippen molar-refractivity contribution < 1.29 is 14.3 Å². The smallest absolute Gasteiger partial charge is 0.309 e. The lowest BCUT2D eigenvalue weighted by molar-refractivity contribution is -0.149. The molecule has 0 aliphatic carbocycles. The Morgan fingerprint density at radius 1 is 1.25 bits per heavy atom. The normalized spacial score (nSPS) is 15.3. The Morgan fingerprint density at radius 3 is 2.62 bits per heavy atom. The molecule has 3 rings (SSSR count). The van der Waals surface area contributed by atoms with Crippen LogP contribution in [-0.4, -0.2) is 46.7 Å². The van der Waals surface area contributed by atoms with Crippen LogP contribution in [0.1, 0.15) is 30.3 Å². The van der Waals surface area contributed by atoms with Crippen molar-refractivity contribution in [2.75, 3.05) is 19.7 Å². The first-order valence-corrected chi connectivity index (χ1v) is 8.25. The Labute approximate surface area is 140 Å². The molecule has 0 spiro atoms. The number of hydrogen-bond donors (Lipinski definition) is 1. The van der Waals surface area contributed by atoms with Gasteiger partial charge in [-0.2, -0.15) is 5.10 Å². The molecule has 1 N–H and O–H groups in total. The molecule has 0 bridgehead atoms. The average Bonchev–Trinajstić information content (AvgIpc) is 3.12. The van der Waals surface area contributed by atoms with Crippen LogP contribution in [0.3, 0.4) is 0 Å². The van der Waals surface area contributed by atoms with Gasteiger partial charge in [0.05, 0.1) is 18.2 Å². The number of aromatic amines is 1. The molecule has 0 unspecified atom stereocenters. The molecular weight excluding hydrogens is 306 g/mol. The maximum atomic E-state index is 12.6. The summed E-state index contributed by atoms with van der Waals surface area (Å²) < 4.78 is 5.06. The monoisotopic (exact) mass is 327 g/mol. The number of rotatable bonds is 4. The van der Waals surface area contributed by atoms with Gasteiger partial charge in [0.1, 0.15) is 5.69 Å². The number of likely N-dealkylation sites (tertiary alicyclic amines) is 1. The molecule has 2 heterocycles. The van der Waals surface area contributed by atoms with Gasteiger partial charge in [-0.15, -0.1) is 0 Å². The Balaban J connectivity index is 1.62. The van der Waals surface area contributed by atoms with Crippen LogP contribution in [-0.2, 0) is 9.53 Å². The lowest BCUT2D eigenvalue weighted by Crippen LogP contribution is -2.40. The van der Waals surface area contributed by atoms with E-state index in [0.29, 0.717) is 38.2 Å². The summed E-state index contributed by atoms with van der Waals surface area (Å²) in [5.41, 5.74) is 2.19. The van der Waals surface area contributed by atoms with Crippen molar-refractivity contribution in [1.29, 1.82) is 0 Å². The molecule has 1 aliphatic heterocycles. The SMILES string of the molecule is CCOC(=O)C1CCN(C(=O)c2cc(-c3ccccc3)n[nH]2)CC1. The Bertz CT molecular complexity index is 703. The topological polar surface area (TPSA) is 75.3 Å². The second-order valence-electron chi connectivity index (χ2n) is 5.85. The van der Waals surface area contributed by atoms with E-state index in [2.05, 4.69) is 10.2 Å². The molecule has 1 aromatic heterocycles. The van der Waals surface area contributed by atoms with E-state index in [1.165, 1.54) is 0 Å². The number of hydrogen-bond acceptors (Lipinski definition) is 4. The van der Waals surface area contributed by atoms with E-state index in [9.17, 15) is 9.59 Å². The number of aromatic nitrogens is 2. The van der Waals surface area contributed by atoms with Crippen LogP contribution in [0, 0.1) is 5.92 Å². The second-order valence-corrected chi connectivity index (χ2v) is 5.85. The molecule has 6 heteroatoms. The zero-order valence-corrected chi connectivity index (χ0v) is 13.7. The number of ether oxygens (including phenoxy) is 1. The molecule has 6 nitrogen and oxygen atoms in total. The van der Waals surface area contributed by atoms with Crippen molar-refractivity contribution in [3.05, 3.63) is 42.1 Å². The third-order valence-electron chi connectivity index (χ3n) is 4.28. The summed E-state index contributed by atoms with van der Waals surface area (Å²) in [6.45, 7) is 3.32. The van der Waals surface area contributed by atoms with Crippen molar-refractivity contribution in [3.63, 3.8) is 0 Å². The maximum Gasteiger partial charge on any atom is 0.309 e. The summed E-state index contributed by atoms with van der Waals surface area (Å²) in [5, 5.41) is 7.05. The minimum absolute atomic E-state index is 0.0769. The molecule has 1 aliphatic rings. The number of nitrogens with one attached hydrogen (secondary N) is 1. The number of carbonyl (C=O) groups is 2. The van der Waals surface area contributed by atoms with Gasteiger partial charge in [0.15, 0.2) is 0 Å². The fourth-order valence-corrected chi connectivity index (χ4v) is 2.94. The predicted octanol–water partition coefficient (Wildman–Crippen LogP) is 2.49. The number of benzene rings is 1. The fraction of sp³-hybridized carbons (Fsp3) is 0.389. The quantitative estimate of drug-likeness (QED) is 0.876. The largest absolute Gasteiger partial charge is 0.466 e. The first-order chi connectivity index (χ1) is 11.7. The minimum Gasteiger partial charge on any atom is -0.466 e. The van der Waals surface area contributed by atoms with Crippen molar-refractivity contribution >= 4 is 11.9 Å². The van der Waals surface area contributed by atoms with Gasteiger partial charge in [-0.25, -0.2) is 0 Å². The highest BCUT2D eigenvalue weighted by molar-refractivity contribution is 5.93. The Hall–Kier alpha value is -2.63. The minimum atomic E-state index is -0.155. The van der Waals surface area contributed by atoms with Gasteiger partial charge in [-0.05, 0) is 25.8 Å². The molecular formula is C18H21N3O3. The van der Waals surface area contributed by atoms with Crippen molar-refractivity contribution in [2.24, 2.45) is 5.92 Å². The number of H-pyrrole nitrogens is 1. The third-order valence-corrected chi connectivity index (χ3v) is 4.28. The zero-order chi connectivity index (χ0) is 16.9. The van der Waals surface area contributed by atoms with Crippen LogP contribution < -0.4 is 0 Å². The van der Waals surface area contributed by atoms with E-state index >= 15 is 0 Å². The lowest BCUT2D eigenvalue weighted by atomic mass is 9.97. The third kappa shape index (κ3) is 3.48. The van der Waals surface area contributed by atoms with Crippen LogP contribution >= 0.6 is 0 Å². The molecule has 1 saturated heterocycles. The standard InChI is InChI=1S/C18H21N3O3/c1-2-24-18(23)14-8-10-21(11-9-14)17(22)16-12-15(19-20-16)13-6-4-3-5-7-13/h3-7,12,14H,2,8-11H2,1H3,(H,19,20). The highest BCUT2D eigenvalue weighted by atomic mass is 16.5. The molecule has 1 amide bonds. The van der Waals surface area contributed by atoms with Crippen LogP contribution in [0.4, 0.5) is 0 Å². The van der Waals surface area contributed by atoms with Crippen molar-refractivity contribution in [2.45, 2.75) is 19.8 Å². The molecule has 1 fully saturated rings. The molecule has 0 radical (unpaired) electrons. The first kappa shape index (κ1) is 16.2. The summed E-state index contributed by atoms with van der Waals surface area (Å²) in [7, 11) is 0. The average molecular weight is 327 g/mol. The summed E-state index contributed by atoms with van der Waals surface area (Å²) in [6, 6.07) is 11.5. The molecule has 0 atom stereocenters. The van der Waals surface area contributed by atoms with Crippen LogP contribution in [0.25, 0.3) is 11.3 Å². The molecule has 0 saturated carbocycles. The molecule has 2 aromatic rings. The van der Waals surface area contributed by atoms with Gasteiger partial charge in [-0.3, -0.25) is 14.7 Å². The predicted molar refractivity (Wildman–Crippen MR) is 89.3 cm³/mol. The summed E-state index contributed by atoms with van der Waals surface area (Å²) in [5.74, 6) is -0.333. The molecule has 126 valence electrons. The van der Waals surface area contributed by atoms with E-state index in [0.717, 1.165) is 11.3 Å². The number of piperidine rings is 1. The van der Waals surface area contributed by atoms with Crippen molar-refractivity contribution in [3.8, 4) is 11.3 Å². The molecule has 24 heavy (non-hydrogen) atoms. The highest BCUT2D eigenvalue weighted by Gasteiger charge is 2.29. The number of amides is 1. The Morgan fingerprint density at radius 2 is 1.96 bits per heavy atom. The highest BCUT2D eigenvalue weighted by Crippen LogP contribution is 2.22.